The van der Waals surface area contributed by atoms with Crippen molar-refractivity contribution in [1.29, 1.82) is 0 Å². The molecule has 0 bridgehead atoms. The third-order valence-corrected chi connectivity index (χ3v) is 12.8. The van der Waals surface area contributed by atoms with E-state index >= 15 is 0 Å². The summed E-state index contributed by atoms with van der Waals surface area (Å²) in [5.41, 5.74) is 0.874. The molecule has 14 heteroatoms. The van der Waals surface area contributed by atoms with Crippen LogP contribution in [0.4, 0.5) is 0 Å². The van der Waals surface area contributed by atoms with Gasteiger partial charge in [0, 0.05) is 59.0 Å². The van der Waals surface area contributed by atoms with Crippen LogP contribution >= 0.6 is 0 Å². The first kappa shape index (κ1) is 53.4. The van der Waals surface area contributed by atoms with Crippen LogP contribution < -0.4 is 5.32 Å². The Balaban J connectivity index is 2.28. The fourth-order valence-electron chi connectivity index (χ4n) is 8.92. The first-order valence-electron chi connectivity index (χ1n) is 22.4. The average molecular weight is 859 g/mol. The molecule has 1 aliphatic heterocycles. The van der Waals surface area contributed by atoms with Crippen LogP contribution in [0.3, 0.4) is 0 Å². The number of carboxylic acid groups (broad SMARTS) is 1. The second-order valence-corrected chi connectivity index (χ2v) is 17.6. The van der Waals surface area contributed by atoms with Gasteiger partial charge in [0.25, 0.3) is 0 Å². The molecule has 9 atom stereocenters. The third kappa shape index (κ3) is 15.9. The molecule has 1 aromatic rings. The second kappa shape index (κ2) is 26.7. The molecule has 2 N–H and O–H groups in total. The monoisotopic (exact) mass is 859 g/mol. The Morgan fingerprint density at radius 3 is 2.08 bits per heavy atom. The molecule has 0 unspecified atom stereocenters. The second-order valence-electron chi connectivity index (χ2n) is 17.6. The van der Waals surface area contributed by atoms with Crippen LogP contribution in [0, 0.1) is 35.5 Å². The molecule has 0 aliphatic carbocycles. The summed E-state index contributed by atoms with van der Waals surface area (Å²) in [4.78, 5) is 86.0. The Bertz CT molecular complexity index is 1540. The molecule has 0 saturated carbocycles. The maximum absolute atomic E-state index is 14.4. The Morgan fingerprint density at radius 2 is 1.56 bits per heavy atom. The minimum Gasteiger partial charge on any atom is -0.480 e. The van der Waals surface area contributed by atoms with Gasteiger partial charge < -0.3 is 34.4 Å². The maximum Gasteiger partial charge on any atom is 0.317 e. The number of aliphatic carboxylic acids is 1. The lowest BCUT2D eigenvalue weighted by Crippen LogP contribution is -2.54. The molecule has 1 saturated heterocycles. The van der Waals surface area contributed by atoms with Gasteiger partial charge in [-0.15, -0.1) is 0 Å². The van der Waals surface area contributed by atoms with Gasteiger partial charge in [0.05, 0.1) is 49.2 Å². The summed E-state index contributed by atoms with van der Waals surface area (Å²) in [7, 11) is 6.61. The van der Waals surface area contributed by atoms with Crippen molar-refractivity contribution < 1.29 is 48.1 Å². The molecule has 0 radical (unpaired) electrons. The highest BCUT2D eigenvalue weighted by Crippen LogP contribution is 2.32. The number of Topliss-reactive ketones (excluding diaryl/α,β-unsaturated/α-hetero) is 2. The van der Waals surface area contributed by atoms with Gasteiger partial charge >= 0.3 is 11.9 Å². The smallest absolute Gasteiger partial charge is 0.317 e. The lowest BCUT2D eigenvalue weighted by atomic mass is 9.84. The minimum atomic E-state index is -0.969. The molecule has 2 amide bonds. The summed E-state index contributed by atoms with van der Waals surface area (Å²) in [6.07, 6.45) is 1.09. The topological polar surface area (TPSA) is 172 Å². The van der Waals surface area contributed by atoms with Crippen LogP contribution in [-0.2, 0) is 49.4 Å². The highest BCUT2D eigenvalue weighted by Gasteiger charge is 2.43. The van der Waals surface area contributed by atoms with Gasteiger partial charge in [0.2, 0.25) is 11.8 Å². The summed E-state index contributed by atoms with van der Waals surface area (Å²) in [6.45, 7) is 16.6. The molecule has 0 aromatic heterocycles. The minimum absolute atomic E-state index is 0.00271. The van der Waals surface area contributed by atoms with E-state index in [1.165, 1.54) is 7.11 Å². The summed E-state index contributed by atoms with van der Waals surface area (Å²) in [5, 5.41) is 12.3. The van der Waals surface area contributed by atoms with Crippen LogP contribution in [0.2, 0.25) is 0 Å². The fourth-order valence-corrected chi connectivity index (χ4v) is 8.92. The van der Waals surface area contributed by atoms with Crippen molar-refractivity contribution in [1.82, 2.24) is 20.0 Å². The van der Waals surface area contributed by atoms with E-state index in [-0.39, 0.29) is 92.6 Å². The van der Waals surface area contributed by atoms with E-state index < -0.39 is 54.0 Å². The normalized spacial score (nSPS) is 18.3. The number of nitrogens with one attached hydrogen (secondary N) is 1. The number of amides is 2. The number of hydrogen-bond acceptors (Lipinski definition) is 11. The van der Waals surface area contributed by atoms with Crippen molar-refractivity contribution >= 4 is 35.3 Å². The molecule has 0 spiro atoms. The number of carbonyl (C=O) groups excluding carboxylic acids is 5. The van der Waals surface area contributed by atoms with Crippen molar-refractivity contribution in [2.75, 3.05) is 61.1 Å². The largest absolute Gasteiger partial charge is 0.480 e. The van der Waals surface area contributed by atoms with Gasteiger partial charge in [-0.3, -0.25) is 33.7 Å². The molecule has 61 heavy (non-hydrogen) atoms. The first-order chi connectivity index (χ1) is 28.9. The molecule has 2 rings (SSSR count). The first-order valence-corrected chi connectivity index (χ1v) is 22.4. The number of likely N-dealkylation sites (N-methyl/N-ethyl adjacent to an activating group) is 3. The fraction of sp³-hybridized carbons (Fsp3) is 0.745. The zero-order valence-electron chi connectivity index (χ0n) is 39.2. The Morgan fingerprint density at radius 1 is 0.902 bits per heavy atom. The Labute approximate surface area is 365 Å². The lowest BCUT2D eigenvalue weighted by Gasteiger charge is -2.41. The number of rotatable bonds is 29. The van der Waals surface area contributed by atoms with Crippen LogP contribution in [-0.4, -0.2) is 147 Å². The number of nitrogens with zero attached hydrogens (tertiary/aromatic N) is 3. The number of hydrogen-bond donors (Lipinski definition) is 2. The van der Waals surface area contributed by atoms with Crippen LogP contribution in [0.15, 0.2) is 30.3 Å². The van der Waals surface area contributed by atoms with E-state index in [9.17, 15) is 33.9 Å². The standard InChI is InChI=1S/C47H78N4O10/c1-13-32(7)44(49(10)46(57)36(30(3)4)27-39(53)43(48-9)31(5)6)40(59-11)28-41(54)51-22-18-21-37(51)45(60-12)33(8)38(52)26-35(25-34-19-16-15-17-20-34)47(58)61-24-23-50(14-2)29-42(55)56/h15-17,19-20,30-33,35-37,40,43-45,48H,13-14,18,21-29H2,1-12H3,(H,55,56)/t32-,33-,35+,36-,37-,40+,43-,44-,45+/m0/s1. The maximum atomic E-state index is 14.4. The highest BCUT2D eigenvalue weighted by atomic mass is 16.5. The zero-order chi connectivity index (χ0) is 46.0. The molecule has 1 aliphatic rings. The van der Waals surface area contributed by atoms with E-state index in [1.807, 2.05) is 78.8 Å². The third-order valence-electron chi connectivity index (χ3n) is 12.8. The molecular weight excluding hydrogens is 781 g/mol. The summed E-state index contributed by atoms with van der Waals surface area (Å²) < 4.78 is 17.7. The number of likely N-dealkylation sites (tertiary alicyclic amines) is 1. The number of ketones is 2. The quantitative estimate of drug-likeness (QED) is 0.102. The molecule has 1 heterocycles. The SMILES string of the molecule is CC[C@H](C)[C@@H]([C@@H](CC(=O)N1CCC[C@H]1[C@H](OC)[C@@H](C)C(=O)C[C@@H](Cc1ccccc1)C(=O)OCCN(CC)CC(=O)O)OC)N(C)C(=O)[C@@H](CC(=O)[C@@H](NC)C(C)C)C(C)C. The number of methoxy groups -OCH3 is 2. The van der Waals surface area contributed by atoms with Crippen molar-refractivity contribution in [3.8, 4) is 0 Å². The Kier molecular flexibility index (Phi) is 23.4. The van der Waals surface area contributed by atoms with Crippen molar-refractivity contribution in [3.05, 3.63) is 35.9 Å². The van der Waals surface area contributed by atoms with Gasteiger partial charge in [-0.2, -0.15) is 0 Å². The highest BCUT2D eigenvalue weighted by molar-refractivity contribution is 5.90. The van der Waals surface area contributed by atoms with Crippen LogP contribution in [0.25, 0.3) is 0 Å². The van der Waals surface area contributed by atoms with Crippen molar-refractivity contribution in [2.24, 2.45) is 35.5 Å². The lowest BCUT2D eigenvalue weighted by molar-refractivity contribution is -0.152. The molecule has 14 nitrogen and oxygen atoms in total. The molecule has 1 aromatic carbocycles. The summed E-state index contributed by atoms with van der Waals surface area (Å²) >= 11 is 0. The number of esters is 1. The number of carbonyl (C=O) groups is 6. The number of ether oxygens (including phenoxy) is 3. The van der Waals surface area contributed by atoms with E-state index in [4.69, 9.17) is 14.2 Å². The van der Waals surface area contributed by atoms with Gasteiger partial charge in [-0.05, 0) is 56.2 Å². The van der Waals surface area contributed by atoms with E-state index in [0.717, 1.165) is 18.4 Å². The van der Waals surface area contributed by atoms with Crippen molar-refractivity contribution in [2.45, 2.75) is 131 Å². The zero-order valence-corrected chi connectivity index (χ0v) is 39.2. The molecular formula is C47H78N4O10. The molecule has 1 fully saturated rings. The van der Waals surface area contributed by atoms with E-state index in [1.54, 1.807) is 42.8 Å². The number of carboxylic acids is 1. The van der Waals surface area contributed by atoms with Crippen LogP contribution in [0.5, 0.6) is 0 Å². The van der Waals surface area contributed by atoms with Crippen LogP contribution in [0.1, 0.15) is 99.5 Å². The van der Waals surface area contributed by atoms with E-state index in [0.29, 0.717) is 19.5 Å². The van der Waals surface area contributed by atoms with Gasteiger partial charge in [0.15, 0.2) is 5.78 Å². The van der Waals surface area contributed by atoms with Crippen molar-refractivity contribution in [3.63, 3.8) is 0 Å². The Hall–Kier alpha value is -3.72. The predicted octanol–water partition coefficient (Wildman–Crippen LogP) is 5.15. The van der Waals surface area contributed by atoms with E-state index in [2.05, 4.69) is 5.32 Å². The van der Waals surface area contributed by atoms with Gasteiger partial charge in [0.1, 0.15) is 12.4 Å². The summed E-state index contributed by atoms with van der Waals surface area (Å²) in [6, 6.07) is 8.19. The summed E-state index contributed by atoms with van der Waals surface area (Å²) in [5.74, 6) is -4.03. The molecule has 346 valence electrons. The van der Waals surface area contributed by atoms with Gasteiger partial charge in [-0.25, -0.2) is 0 Å². The van der Waals surface area contributed by atoms with Gasteiger partial charge in [-0.1, -0.05) is 92.1 Å². The average Bonchev–Trinajstić information content (AvgIpc) is 3.71. The predicted molar refractivity (Wildman–Crippen MR) is 236 cm³/mol. The number of benzene rings is 1.